The highest BCUT2D eigenvalue weighted by Gasteiger charge is 2.47. The van der Waals surface area contributed by atoms with Crippen LogP contribution in [0.3, 0.4) is 0 Å². The van der Waals surface area contributed by atoms with Gasteiger partial charge in [-0.1, -0.05) is 0 Å². The minimum Gasteiger partial charge on any atom is -0.370 e. The highest BCUT2D eigenvalue weighted by molar-refractivity contribution is 6.03. The number of likely N-dealkylation sites (tertiary alicyclic amines) is 1. The number of carbonyl (C=O) groups is 1. The molecule has 4 aromatic heterocycles. The molecule has 2 N–H and O–H groups in total. The van der Waals surface area contributed by atoms with Gasteiger partial charge < -0.3 is 15.2 Å². The number of carbonyl (C=O) groups excluding carboxylic acids is 1. The molecule has 1 saturated heterocycles. The van der Waals surface area contributed by atoms with Crippen molar-refractivity contribution in [1.82, 2.24) is 39.4 Å². The van der Waals surface area contributed by atoms with E-state index >= 15 is 0 Å². The summed E-state index contributed by atoms with van der Waals surface area (Å²) in [7, 11) is 3.79. The van der Waals surface area contributed by atoms with Crippen LogP contribution in [0.2, 0.25) is 0 Å². The van der Waals surface area contributed by atoms with Crippen LogP contribution >= 0.6 is 0 Å². The van der Waals surface area contributed by atoms with E-state index in [0.29, 0.717) is 41.0 Å². The second kappa shape index (κ2) is 10.1. The maximum Gasteiger partial charge on any atom is 0.275 e. The number of hydrogen-bond acceptors (Lipinski definition) is 8. The molecule has 7 rings (SSSR count). The smallest absolute Gasteiger partial charge is 0.275 e. The number of aryl methyl sites for hydroxylation is 2. The first-order valence-corrected chi connectivity index (χ1v) is 14.6. The van der Waals surface area contributed by atoms with Gasteiger partial charge in [0.25, 0.3) is 5.91 Å². The number of nitrogens with one attached hydrogen (secondary N) is 2. The summed E-state index contributed by atoms with van der Waals surface area (Å²) in [5.74, 6) is 2.03. The first kappa shape index (κ1) is 25.8. The van der Waals surface area contributed by atoms with Crippen LogP contribution in [-0.4, -0.2) is 65.0 Å². The quantitative estimate of drug-likeness (QED) is 0.317. The summed E-state index contributed by atoms with van der Waals surface area (Å²) in [4.78, 5) is 25.7. The molecule has 2 aliphatic carbocycles. The Labute approximate surface area is 239 Å². The summed E-state index contributed by atoms with van der Waals surface area (Å²) in [6.45, 7) is 5.88. The van der Waals surface area contributed by atoms with Crippen LogP contribution in [0.25, 0.3) is 22.6 Å². The fourth-order valence-corrected chi connectivity index (χ4v) is 6.07. The second-order valence-electron chi connectivity index (χ2n) is 11.9. The number of nitrogens with zero attached hydrogens (tertiary/aromatic N) is 8. The number of pyridine rings is 2. The van der Waals surface area contributed by atoms with E-state index in [-0.39, 0.29) is 5.91 Å². The molecule has 11 nitrogen and oxygen atoms in total. The number of rotatable bonds is 9. The second-order valence-corrected chi connectivity index (χ2v) is 11.9. The molecule has 41 heavy (non-hydrogen) atoms. The summed E-state index contributed by atoms with van der Waals surface area (Å²) in [5, 5.41) is 19.2. The van der Waals surface area contributed by atoms with Crippen LogP contribution in [0.4, 0.5) is 11.6 Å². The highest BCUT2D eigenvalue weighted by atomic mass is 16.1. The molecule has 1 aliphatic heterocycles. The van der Waals surface area contributed by atoms with Gasteiger partial charge in [0.2, 0.25) is 0 Å². The van der Waals surface area contributed by atoms with Crippen LogP contribution in [0.15, 0.2) is 36.8 Å². The molecule has 0 bridgehead atoms. The van der Waals surface area contributed by atoms with E-state index in [2.05, 4.69) is 36.9 Å². The Morgan fingerprint density at radius 2 is 1.90 bits per heavy atom. The van der Waals surface area contributed by atoms with Gasteiger partial charge in [0.15, 0.2) is 5.82 Å². The number of hydrogen-bond donors (Lipinski definition) is 2. The molecule has 3 fully saturated rings. The fourth-order valence-electron chi connectivity index (χ4n) is 6.07. The van der Waals surface area contributed by atoms with Crippen molar-refractivity contribution in [3.8, 4) is 22.6 Å². The van der Waals surface area contributed by atoms with E-state index in [0.717, 1.165) is 48.4 Å². The van der Waals surface area contributed by atoms with E-state index in [9.17, 15) is 4.79 Å². The zero-order chi connectivity index (χ0) is 28.1. The summed E-state index contributed by atoms with van der Waals surface area (Å²) in [6.07, 6.45) is 9.74. The third kappa shape index (κ3) is 5.21. The fraction of sp³-hybridized carbons (Fsp3) is 0.467. The normalized spacial score (nSPS) is 17.7. The van der Waals surface area contributed by atoms with Gasteiger partial charge in [0.05, 0.1) is 17.5 Å². The predicted octanol–water partition coefficient (Wildman–Crippen LogP) is 4.22. The number of aromatic nitrogens is 7. The molecular formula is C30H36N10O. The van der Waals surface area contributed by atoms with Gasteiger partial charge in [0, 0.05) is 50.9 Å². The van der Waals surface area contributed by atoms with Gasteiger partial charge in [-0.05, 0) is 80.8 Å². The van der Waals surface area contributed by atoms with Crippen molar-refractivity contribution < 1.29 is 4.79 Å². The van der Waals surface area contributed by atoms with Crippen LogP contribution in [-0.2, 0) is 20.6 Å². The summed E-state index contributed by atoms with van der Waals surface area (Å²) in [6, 6.07) is 8.01. The third-order valence-corrected chi connectivity index (χ3v) is 8.60. The van der Waals surface area contributed by atoms with Crippen LogP contribution < -0.4 is 10.6 Å². The van der Waals surface area contributed by atoms with E-state index < -0.39 is 0 Å². The lowest BCUT2D eigenvalue weighted by Crippen LogP contribution is -2.22. The third-order valence-electron chi connectivity index (χ3n) is 8.60. The average molecular weight is 553 g/mol. The summed E-state index contributed by atoms with van der Waals surface area (Å²) >= 11 is 0. The lowest BCUT2D eigenvalue weighted by molar-refractivity contribution is 0.102. The molecule has 4 aromatic rings. The summed E-state index contributed by atoms with van der Waals surface area (Å²) < 4.78 is 3.66. The first-order valence-electron chi connectivity index (χ1n) is 14.6. The van der Waals surface area contributed by atoms with Gasteiger partial charge in [-0.15, -0.1) is 10.2 Å². The molecule has 5 heterocycles. The maximum absolute atomic E-state index is 13.7. The number of amides is 1. The van der Waals surface area contributed by atoms with E-state index in [1.165, 1.54) is 31.4 Å². The van der Waals surface area contributed by atoms with E-state index in [4.69, 9.17) is 9.97 Å². The van der Waals surface area contributed by atoms with Crippen LogP contribution in [0, 0.1) is 5.41 Å². The van der Waals surface area contributed by atoms with Gasteiger partial charge in [-0.25, -0.2) is 9.97 Å². The first-order chi connectivity index (χ1) is 19.9. The molecular weight excluding hydrogens is 516 g/mol. The zero-order valence-corrected chi connectivity index (χ0v) is 23.9. The molecule has 3 aliphatic rings. The van der Waals surface area contributed by atoms with Crippen molar-refractivity contribution in [2.75, 3.05) is 30.3 Å². The Hall–Kier alpha value is -4.12. The standard InChI is InChI=1S/C30H36N10O/c1-4-31-25-13-21(27-22(15-33-39(27)3)28-37-32-18-38(28)2)14-26(35-25)36-29(41)24-12-19(11-23(34-24)20-5-6-20)16-40-10-9-30(17-40)7-8-30/h11-15,18,20H,4-10,16-17H2,1-3H3,(H2,31,35,36,41). The maximum atomic E-state index is 13.7. The lowest BCUT2D eigenvalue weighted by atomic mass is 10.1. The Morgan fingerprint density at radius 1 is 1.07 bits per heavy atom. The largest absolute Gasteiger partial charge is 0.370 e. The predicted molar refractivity (Wildman–Crippen MR) is 156 cm³/mol. The molecule has 0 radical (unpaired) electrons. The van der Waals surface area contributed by atoms with Crippen molar-refractivity contribution in [1.29, 1.82) is 0 Å². The van der Waals surface area contributed by atoms with Crippen molar-refractivity contribution in [2.24, 2.45) is 19.5 Å². The molecule has 212 valence electrons. The molecule has 1 amide bonds. The van der Waals surface area contributed by atoms with Crippen molar-refractivity contribution >= 4 is 17.5 Å². The van der Waals surface area contributed by atoms with Crippen molar-refractivity contribution in [3.63, 3.8) is 0 Å². The Bertz CT molecular complexity index is 1610. The van der Waals surface area contributed by atoms with Gasteiger partial charge in [0.1, 0.15) is 23.7 Å². The zero-order valence-electron chi connectivity index (χ0n) is 23.9. The van der Waals surface area contributed by atoms with Gasteiger partial charge in [-0.2, -0.15) is 5.10 Å². The minimum atomic E-state index is -0.250. The molecule has 0 aromatic carbocycles. The van der Waals surface area contributed by atoms with Crippen LogP contribution in [0.5, 0.6) is 0 Å². The molecule has 0 atom stereocenters. The van der Waals surface area contributed by atoms with Gasteiger partial charge >= 0.3 is 0 Å². The lowest BCUT2D eigenvalue weighted by Gasteiger charge is -2.17. The van der Waals surface area contributed by atoms with E-state index in [1.807, 2.05) is 43.8 Å². The topological polar surface area (TPSA) is 119 Å². The molecule has 1 spiro atoms. The average Bonchev–Trinajstić information content (AvgIpc) is 3.82. The Kier molecular flexibility index (Phi) is 6.33. The Balaban J connectivity index is 1.19. The summed E-state index contributed by atoms with van der Waals surface area (Å²) in [5.41, 5.74) is 5.78. The molecule has 11 heteroatoms. The number of anilines is 2. The minimum absolute atomic E-state index is 0.250. The highest BCUT2D eigenvalue weighted by Crippen LogP contribution is 2.52. The monoisotopic (exact) mass is 552 g/mol. The van der Waals surface area contributed by atoms with E-state index in [1.54, 1.807) is 17.2 Å². The molecule has 2 saturated carbocycles. The molecule has 0 unspecified atom stereocenters. The SMILES string of the molecule is CCNc1cc(-c2c(-c3nncn3C)cnn2C)cc(NC(=O)c2cc(CN3CCC4(CC4)C3)cc(C3CC3)n2)n1. The van der Waals surface area contributed by atoms with Crippen molar-refractivity contribution in [3.05, 3.63) is 53.7 Å². The Morgan fingerprint density at radius 3 is 2.61 bits per heavy atom. The van der Waals surface area contributed by atoms with Crippen LogP contribution in [0.1, 0.15) is 66.7 Å². The van der Waals surface area contributed by atoms with Crippen molar-refractivity contribution in [2.45, 2.75) is 51.5 Å². The van der Waals surface area contributed by atoms with Gasteiger partial charge in [-0.3, -0.25) is 14.4 Å².